The van der Waals surface area contributed by atoms with E-state index in [0.717, 1.165) is 36.7 Å². The van der Waals surface area contributed by atoms with Gasteiger partial charge in [0, 0.05) is 13.0 Å². The van der Waals surface area contributed by atoms with Gasteiger partial charge in [-0.2, -0.15) is 0 Å². The number of hydrogen-bond acceptors (Lipinski definition) is 4. The van der Waals surface area contributed by atoms with Crippen LogP contribution in [-0.4, -0.2) is 22.2 Å². The zero-order valence-corrected chi connectivity index (χ0v) is 12.1. The first-order valence-electron chi connectivity index (χ1n) is 7.56. The largest absolute Gasteiger partial charge is 0.425 e. The van der Waals surface area contributed by atoms with Gasteiger partial charge in [-0.3, -0.25) is 4.79 Å². The molecule has 0 aliphatic rings. The molecule has 0 fully saturated rings. The lowest BCUT2D eigenvalue weighted by Gasteiger charge is -2.02. The van der Waals surface area contributed by atoms with Crippen LogP contribution in [0.5, 0.6) is 0 Å². The van der Waals surface area contributed by atoms with Gasteiger partial charge in [0.15, 0.2) is 0 Å². The molecule has 0 radical (unpaired) electrons. The molecular formula is C15H25NO4. The summed E-state index contributed by atoms with van der Waals surface area (Å²) in [5.74, 6) is -0.786. The molecule has 0 atom stereocenters. The second kappa shape index (κ2) is 10.4. The second-order valence-corrected chi connectivity index (χ2v) is 5.09. The van der Waals surface area contributed by atoms with Crippen LogP contribution >= 0.6 is 0 Å². The summed E-state index contributed by atoms with van der Waals surface area (Å²) in [7, 11) is 0. The Hall–Kier alpha value is -1.36. The summed E-state index contributed by atoms with van der Waals surface area (Å²) in [4.78, 5) is 22.7. The maximum absolute atomic E-state index is 11.6. The number of unbranched alkanes of at least 4 members (excludes halogenated alkanes) is 8. The molecule has 1 rings (SSSR count). The third-order valence-corrected chi connectivity index (χ3v) is 3.39. The van der Waals surface area contributed by atoms with E-state index >= 15 is 0 Å². The highest BCUT2D eigenvalue weighted by molar-refractivity contribution is 5.78. The third kappa shape index (κ3) is 6.70. The number of carbonyl (C=O) groups excluding carboxylic acids is 1. The molecule has 0 aliphatic heterocycles. The van der Waals surface area contributed by atoms with Crippen molar-refractivity contribution in [1.29, 1.82) is 0 Å². The summed E-state index contributed by atoms with van der Waals surface area (Å²) in [5.41, 5.74) is 0. The normalized spacial score (nSPS) is 10.8. The van der Waals surface area contributed by atoms with Gasteiger partial charge in [0.25, 0.3) is 0 Å². The number of rotatable bonds is 11. The molecule has 0 spiro atoms. The molecular weight excluding hydrogens is 258 g/mol. The van der Waals surface area contributed by atoms with Crippen LogP contribution in [0.15, 0.2) is 21.7 Å². The predicted octanol–water partition coefficient (Wildman–Crippen LogP) is 2.97. The van der Waals surface area contributed by atoms with Crippen LogP contribution in [0.1, 0.15) is 69.0 Å². The van der Waals surface area contributed by atoms with E-state index in [-0.39, 0.29) is 5.91 Å². The zero-order valence-electron chi connectivity index (χ0n) is 12.1. The topological polar surface area (TPSA) is 72.4 Å². The average molecular weight is 283 g/mol. The van der Waals surface area contributed by atoms with Gasteiger partial charge < -0.3 is 9.52 Å². The molecule has 0 aromatic carbocycles. The minimum absolute atomic E-state index is 0.187. The summed E-state index contributed by atoms with van der Waals surface area (Å²) in [6.07, 6.45) is 12.8. The lowest BCUT2D eigenvalue weighted by atomic mass is 10.1. The van der Waals surface area contributed by atoms with Crippen molar-refractivity contribution in [2.75, 3.05) is 6.61 Å². The molecule has 5 heteroatoms. The third-order valence-electron chi connectivity index (χ3n) is 3.39. The fourth-order valence-corrected chi connectivity index (χ4v) is 2.20. The molecule has 0 aliphatic carbocycles. The highest BCUT2D eigenvalue weighted by Gasteiger charge is 2.07. The maximum atomic E-state index is 11.6. The monoisotopic (exact) mass is 283 g/mol. The molecule has 0 amide bonds. The van der Waals surface area contributed by atoms with Crippen LogP contribution in [-0.2, 0) is 0 Å². The first-order chi connectivity index (χ1) is 9.75. The highest BCUT2D eigenvalue weighted by atomic mass is 16.4. The second-order valence-electron chi connectivity index (χ2n) is 5.09. The standard InChI is InChI=1S/C15H25NO4/c17-12-9-7-5-3-1-2-4-6-8-10-14(18)16-11-13-20-15(16)19/h11,13,17H,1-10,12H2. The molecule has 0 bridgehead atoms. The number of oxazole rings is 1. The molecule has 5 nitrogen and oxygen atoms in total. The number of carbonyl (C=O) groups is 1. The number of aliphatic hydroxyl groups is 1. The van der Waals surface area contributed by atoms with Crippen molar-refractivity contribution in [2.45, 2.75) is 64.2 Å². The SMILES string of the molecule is O=C(CCCCCCCCCCCO)n1ccoc1=O. The van der Waals surface area contributed by atoms with Crippen molar-refractivity contribution in [3.05, 3.63) is 23.0 Å². The summed E-state index contributed by atoms with van der Waals surface area (Å²) in [5, 5.41) is 8.64. The first-order valence-corrected chi connectivity index (χ1v) is 7.56. The van der Waals surface area contributed by atoms with E-state index in [4.69, 9.17) is 5.11 Å². The van der Waals surface area contributed by atoms with E-state index in [0.29, 0.717) is 13.0 Å². The van der Waals surface area contributed by atoms with Gasteiger partial charge in [0.05, 0.1) is 6.20 Å². The fourth-order valence-electron chi connectivity index (χ4n) is 2.20. The number of aliphatic hydroxyl groups excluding tert-OH is 1. The predicted molar refractivity (Wildman–Crippen MR) is 76.9 cm³/mol. The maximum Gasteiger partial charge on any atom is 0.425 e. The van der Waals surface area contributed by atoms with Gasteiger partial charge >= 0.3 is 5.76 Å². The van der Waals surface area contributed by atoms with Gasteiger partial charge in [-0.05, 0) is 12.8 Å². The van der Waals surface area contributed by atoms with Crippen molar-refractivity contribution >= 4 is 5.91 Å². The quantitative estimate of drug-likeness (QED) is 0.634. The average Bonchev–Trinajstić information content (AvgIpc) is 2.87. The summed E-state index contributed by atoms with van der Waals surface area (Å²) >= 11 is 0. The van der Waals surface area contributed by atoms with E-state index in [9.17, 15) is 9.59 Å². The van der Waals surface area contributed by atoms with Crippen LogP contribution in [0.4, 0.5) is 0 Å². The number of aromatic nitrogens is 1. The molecule has 1 aromatic heterocycles. The Morgan fingerprint density at radius 2 is 1.55 bits per heavy atom. The Balaban J connectivity index is 1.94. The molecule has 1 aromatic rings. The zero-order chi connectivity index (χ0) is 14.6. The summed E-state index contributed by atoms with van der Waals surface area (Å²) in [6.45, 7) is 0.299. The lowest BCUT2D eigenvalue weighted by molar-refractivity contribution is 0.0890. The van der Waals surface area contributed by atoms with Crippen LogP contribution in [0.2, 0.25) is 0 Å². The van der Waals surface area contributed by atoms with Crippen LogP contribution in [0.3, 0.4) is 0 Å². The van der Waals surface area contributed by atoms with Gasteiger partial charge in [-0.15, -0.1) is 0 Å². The minimum Gasteiger partial charge on any atom is -0.416 e. The van der Waals surface area contributed by atoms with Crippen molar-refractivity contribution in [1.82, 2.24) is 4.57 Å². The van der Waals surface area contributed by atoms with Crippen molar-refractivity contribution < 1.29 is 14.3 Å². The number of nitrogens with zero attached hydrogens (tertiary/aromatic N) is 1. The van der Waals surface area contributed by atoms with E-state index in [1.807, 2.05) is 0 Å². The van der Waals surface area contributed by atoms with Crippen molar-refractivity contribution in [3.63, 3.8) is 0 Å². The van der Waals surface area contributed by atoms with Crippen LogP contribution in [0.25, 0.3) is 0 Å². The molecule has 1 N–H and O–H groups in total. The Bertz CT molecular complexity index is 422. The Morgan fingerprint density at radius 1 is 1.00 bits per heavy atom. The van der Waals surface area contributed by atoms with Crippen LogP contribution < -0.4 is 5.76 Å². The van der Waals surface area contributed by atoms with E-state index in [1.165, 1.54) is 38.1 Å². The fraction of sp³-hybridized carbons (Fsp3) is 0.733. The molecule has 0 unspecified atom stereocenters. The van der Waals surface area contributed by atoms with E-state index < -0.39 is 5.76 Å². The van der Waals surface area contributed by atoms with Crippen molar-refractivity contribution in [2.24, 2.45) is 0 Å². The molecule has 1 heterocycles. The molecule has 0 saturated carbocycles. The van der Waals surface area contributed by atoms with Gasteiger partial charge in [0.1, 0.15) is 6.26 Å². The molecule has 114 valence electrons. The van der Waals surface area contributed by atoms with E-state index in [1.54, 1.807) is 0 Å². The van der Waals surface area contributed by atoms with Gasteiger partial charge in [0.2, 0.25) is 5.91 Å². The summed E-state index contributed by atoms with van der Waals surface area (Å²) in [6, 6.07) is 0. The molecule has 0 saturated heterocycles. The summed E-state index contributed by atoms with van der Waals surface area (Å²) < 4.78 is 5.59. The minimum atomic E-state index is -0.599. The molecule has 20 heavy (non-hydrogen) atoms. The van der Waals surface area contributed by atoms with Crippen LogP contribution in [0, 0.1) is 0 Å². The Kier molecular flexibility index (Phi) is 8.71. The first kappa shape index (κ1) is 16.7. The number of hydrogen-bond donors (Lipinski definition) is 1. The van der Waals surface area contributed by atoms with E-state index in [2.05, 4.69) is 4.42 Å². The lowest BCUT2D eigenvalue weighted by Crippen LogP contribution is -2.21. The highest BCUT2D eigenvalue weighted by Crippen LogP contribution is 2.10. The van der Waals surface area contributed by atoms with Gasteiger partial charge in [-0.25, -0.2) is 9.36 Å². The smallest absolute Gasteiger partial charge is 0.416 e. The Morgan fingerprint density at radius 3 is 2.05 bits per heavy atom. The Labute approximate surface area is 119 Å². The van der Waals surface area contributed by atoms with Crippen molar-refractivity contribution in [3.8, 4) is 0 Å². The van der Waals surface area contributed by atoms with Gasteiger partial charge in [-0.1, -0.05) is 44.9 Å².